The number of rotatable bonds is 6. The summed E-state index contributed by atoms with van der Waals surface area (Å²) in [6.45, 7) is 6.03. The molecule has 0 amide bonds. The number of hydrogen-bond donors (Lipinski definition) is 1. The SMILES string of the molecule is CCNC(c1ccc(OC)c(Cl)c1)C(C)(C)S(C)(=O)=O. The third-order valence-electron chi connectivity index (χ3n) is 3.57. The molecule has 1 N–H and O–H groups in total. The minimum Gasteiger partial charge on any atom is -0.495 e. The van der Waals surface area contributed by atoms with Crippen LogP contribution in [0.3, 0.4) is 0 Å². The Morgan fingerprint density at radius 1 is 1.40 bits per heavy atom. The van der Waals surface area contributed by atoms with Gasteiger partial charge in [-0.25, -0.2) is 8.42 Å². The normalized spacial score (nSPS) is 14.1. The van der Waals surface area contributed by atoms with E-state index in [0.29, 0.717) is 17.3 Å². The maximum atomic E-state index is 12.1. The third-order valence-corrected chi connectivity index (χ3v) is 6.01. The van der Waals surface area contributed by atoms with Gasteiger partial charge in [0, 0.05) is 6.26 Å². The molecule has 1 aromatic rings. The molecule has 0 spiro atoms. The molecule has 1 rings (SSSR count). The van der Waals surface area contributed by atoms with Gasteiger partial charge in [-0.05, 0) is 38.1 Å². The molecule has 0 fully saturated rings. The zero-order valence-electron chi connectivity index (χ0n) is 12.5. The largest absolute Gasteiger partial charge is 0.495 e. The topological polar surface area (TPSA) is 55.4 Å². The van der Waals surface area contributed by atoms with E-state index in [4.69, 9.17) is 16.3 Å². The van der Waals surface area contributed by atoms with Gasteiger partial charge >= 0.3 is 0 Å². The summed E-state index contributed by atoms with van der Waals surface area (Å²) in [5, 5.41) is 3.70. The second-order valence-electron chi connectivity index (χ2n) is 5.26. The smallest absolute Gasteiger partial charge is 0.154 e. The lowest BCUT2D eigenvalue weighted by molar-refractivity contribution is 0.411. The van der Waals surface area contributed by atoms with E-state index < -0.39 is 14.6 Å². The van der Waals surface area contributed by atoms with Crippen LogP contribution in [0.4, 0.5) is 0 Å². The van der Waals surface area contributed by atoms with Crippen molar-refractivity contribution in [3.63, 3.8) is 0 Å². The number of nitrogens with one attached hydrogen (secondary N) is 1. The second kappa shape index (κ2) is 6.33. The van der Waals surface area contributed by atoms with Crippen LogP contribution in [0.25, 0.3) is 0 Å². The molecule has 0 aliphatic carbocycles. The summed E-state index contributed by atoms with van der Waals surface area (Å²) in [4.78, 5) is 0. The molecule has 0 aromatic heterocycles. The highest BCUT2D eigenvalue weighted by molar-refractivity contribution is 7.92. The van der Waals surface area contributed by atoms with E-state index in [1.165, 1.54) is 6.26 Å². The van der Waals surface area contributed by atoms with Crippen LogP contribution >= 0.6 is 11.6 Å². The molecule has 0 radical (unpaired) electrons. The first-order valence-corrected chi connectivity index (χ1v) is 8.68. The Morgan fingerprint density at radius 3 is 2.40 bits per heavy atom. The Labute approximate surface area is 126 Å². The first-order chi connectivity index (χ1) is 9.15. The van der Waals surface area contributed by atoms with Crippen molar-refractivity contribution in [3.8, 4) is 5.75 Å². The van der Waals surface area contributed by atoms with E-state index in [-0.39, 0.29) is 6.04 Å². The molecule has 6 heteroatoms. The molecule has 0 heterocycles. The van der Waals surface area contributed by atoms with Crippen molar-refractivity contribution in [1.29, 1.82) is 0 Å². The molecule has 114 valence electrons. The number of benzene rings is 1. The van der Waals surface area contributed by atoms with Crippen molar-refractivity contribution in [2.75, 3.05) is 19.9 Å². The van der Waals surface area contributed by atoms with Crippen LogP contribution in [-0.4, -0.2) is 33.1 Å². The van der Waals surface area contributed by atoms with Crippen molar-refractivity contribution in [2.24, 2.45) is 0 Å². The maximum absolute atomic E-state index is 12.1. The van der Waals surface area contributed by atoms with Crippen molar-refractivity contribution in [3.05, 3.63) is 28.8 Å². The van der Waals surface area contributed by atoms with E-state index in [1.54, 1.807) is 33.1 Å². The highest BCUT2D eigenvalue weighted by Crippen LogP contribution is 2.35. The fourth-order valence-corrected chi connectivity index (χ4v) is 2.96. The molecular formula is C14H22ClNO3S. The summed E-state index contributed by atoms with van der Waals surface area (Å²) in [7, 11) is -1.69. The van der Waals surface area contributed by atoms with Gasteiger partial charge in [0.15, 0.2) is 9.84 Å². The summed E-state index contributed by atoms with van der Waals surface area (Å²) in [6, 6.07) is 5.00. The van der Waals surface area contributed by atoms with Gasteiger partial charge in [-0.3, -0.25) is 0 Å². The summed E-state index contributed by atoms with van der Waals surface area (Å²) >= 11 is 6.14. The van der Waals surface area contributed by atoms with Gasteiger partial charge in [-0.1, -0.05) is 24.6 Å². The predicted octanol–water partition coefficient (Wildman–Crippen LogP) is 2.82. The van der Waals surface area contributed by atoms with E-state index >= 15 is 0 Å². The van der Waals surface area contributed by atoms with Crippen LogP contribution in [0, 0.1) is 0 Å². The highest BCUT2D eigenvalue weighted by Gasteiger charge is 2.39. The lowest BCUT2D eigenvalue weighted by Crippen LogP contribution is -2.45. The average molecular weight is 320 g/mol. The fourth-order valence-electron chi connectivity index (χ4n) is 2.05. The van der Waals surface area contributed by atoms with E-state index in [1.807, 2.05) is 13.0 Å². The molecular weight excluding hydrogens is 298 g/mol. The minimum absolute atomic E-state index is 0.342. The number of halogens is 1. The Bertz CT molecular complexity index is 570. The first-order valence-electron chi connectivity index (χ1n) is 6.41. The lowest BCUT2D eigenvalue weighted by Gasteiger charge is -2.33. The molecule has 1 unspecified atom stereocenters. The van der Waals surface area contributed by atoms with E-state index in [2.05, 4.69) is 5.32 Å². The third kappa shape index (κ3) is 3.45. The second-order valence-corrected chi connectivity index (χ2v) is 8.26. The summed E-state index contributed by atoms with van der Waals surface area (Å²) < 4.78 is 28.3. The quantitative estimate of drug-likeness (QED) is 0.876. The van der Waals surface area contributed by atoms with Crippen LogP contribution in [0.15, 0.2) is 18.2 Å². The summed E-state index contributed by atoms with van der Waals surface area (Å²) in [6.07, 6.45) is 1.25. The van der Waals surface area contributed by atoms with E-state index in [0.717, 1.165) is 5.56 Å². The Balaban J connectivity index is 3.31. The number of hydrogen-bond acceptors (Lipinski definition) is 4. The molecule has 1 atom stereocenters. The Hall–Kier alpha value is -0.780. The van der Waals surface area contributed by atoms with Gasteiger partial charge < -0.3 is 10.1 Å². The van der Waals surface area contributed by atoms with Crippen LogP contribution < -0.4 is 10.1 Å². The molecule has 4 nitrogen and oxygen atoms in total. The summed E-state index contributed by atoms with van der Waals surface area (Å²) in [5.41, 5.74) is 0.827. The molecule has 0 aliphatic rings. The first kappa shape index (κ1) is 17.3. The molecule has 0 bridgehead atoms. The minimum atomic E-state index is -3.24. The molecule has 0 aliphatic heterocycles. The Kier molecular flexibility index (Phi) is 5.46. The molecule has 0 saturated heterocycles. The lowest BCUT2D eigenvalue weighted by atomic mass is 9.95. The monoisotopic (exact) mass is 319 g/mol. The van der Waals surface area contributed by atoms with Gasteiger partial charge in [0.1, 0.15) is 5.75 Å². The molecule has 0 saturated carbocycles. The number of sulfone groups is 1. The molecule has 1 aromatic carbocycles. The fraction of sp³-hybridized carbons (Fsp3) is 0.571. The van der Waals surface area contributed by atoms with Crippen molar-refractivity contribution in [2.45, 2.75) is 31.6 Å². The average Bonchev–Trinajstić information content (AvgIpc) is 2.34. The van der Waals surface area contributed by atoms with Gasteiger partial charge in [-0.15, -0.1) is 0 Å². The van der Waals surface area contributed by atoms with Crippen molar-refractivity contribution >= 4 is 21.4 Å². The zero-order chi connectivity index (χ0) is 15.6. The van der Waals surface area contributed by atoms with Gasteiger partial charge in [0.25, 0.3) is 0 Å². The maximum Gasteiger partial charge on any atom is 0.154 e. The summed E-state index contributed by atoms with van der Waals surface area (Å²) in [5.74, 6) is 0.572. The van der Waals surface area contributed by atoms with Crippen molar-refractivity contribution < 1.29 is 13.2 Å². The highest BCUT2D eigenvalue weighted by atomic mass is 35.5. The van der Waals surface area contributed by atoms with Crippen LogP contribution in [0.1, 0.15) is 32.4 Å². The van der Waals surface area contributed by atoms with Gasteiger partial charge in [0.05, 0.1) is 22.9 Å². The predicted molar refractivity (Wildman–Crippen MR) is 83.3 cm³/mol. The van der Waals surface area contributed by atoms with Crippen LogP contribution in [0.5, 0.6) is 5.75 Å². The van der Waals surface area contributed by atoms with Crippen LogP contribution in [0.2, 0.25) is 5.02 Å². The van der Waals surface area contributed by atoms with Crippen LogP contribution in [-0.2, 0) is 9.84 Å². The van der Waals surface area contributed by atoms with Crippen molar-refractivity contribution in [1.82, 2.24) is 5.32 Å². The number of methoxy groups -OCH3 is 1. The molecule has 20 heavy (non-hydrogen) atoms. The van der Waals surface area contributed by atoms with E-state index in [9.17, 15) is 8.42 Å². The Morgan fingerprint density at radius 2 is 2.00 bits per heavy atom. The number of ether oxygens (including phenoxy) is 1. The zero-order valence-corrected chi connectivity index (χ0v) is 14.1. The standard InChI is InChI=1S/C14H22ClNO3S/c1-6-16-13(14(2,3)20(5,17)18)10-7-8-12(19-4)11(15)9-10/h7-9,13,16H,6H2,1-5H3. The van der Waals surface area contributed by atoms with Gasteiger partial charge in [-0.2, -0.15) is 0 Å². The van der Waals surface area contributed by atoms with Gasteiger partial charge in [0.2, 0.25) is 0 Å².